The summed E-state index contributed by atoms with van der Waals surface area (Å²) in [6, 6.07) is 0.218. The van der Waals surface area contributed by atoms with Crippen LogP contribution in [0.3, 0.4) is 0 Å². The van der Waals surface area contributed by atoms with Gasteiger partial charge in [0.05, 0.1) is 18.7 Å². The van der Waals surface area contributed by atoms with Crippen molar-refractivity contribution in [3.05, 3.63) is 0 Å². The van der Waals surface area contributed by atoms with Crippen LogP contribution in [0.25, 0.3) is 0 Å². The second-order valence-electron chi connectivity index (χ2n) is 3.73. The summed E-state index contributed by atoms with van der Waals surface area (Å²) in [7, 11) is 1.67. The smallest absolute Gasteiger partial charge is 0.240 e. The molecule has 0 aromatic carbocycles. The van der Waals surface area contributed by atoms with Crippen molar-refractivity contribution < 1.29 is 9.53 Å². The Morgan fingerprint density at radius 1 is 1.71 bits per heavy atom. The molecule has 0 saturated carbocycles. The SMILES string of the molecule is CCNC1CCN(C(C)COC)C1=O. The highest BCUT2D eigenvalue weighted by molar-refractivity contribution is 5.84. The molecular weight excluding hydrogens is 180 g/mol. The summed E-state index contributed by atoms with van der Waals surface area (Å²) in [5.41, 5.74) is 0. The first-order valence-electron chi connectivity index (χ1n) is 5.23. The van der Waals surface area contributed by atoms with E-state index in [1.54, 1.807) is 7.11 Å². The zero-order valence-corrected chi connectivity index (χ0v) is 9.25. The van der Waals surface area contributed by atoms with Crippen molar-refractivity contribution in [3.8, 4) is 0 Å². The molecule has 0 aromatic heterocycles. The minimum absolute atomic E-state index is 0.0271. The third-order valence-corrected chi connectivity index (χ3v) is 2.63. The molecule has 4 nitrogen and oxygen atoms in total. The quantitative estimate of drug-likeness (QED) is 0.691. The van der Waals surface area contributed by atoms with Crippen molar-refractivity contribution in [1.82, 2.24) is 10.2 Å². The number of methoxy groups -OCH3 is 1. The molecule has 1 N–H and O–H groups in total. The van der Waals surface area contributed by atoms with E-state index in [2.05, 4.69) is 5.32 Å². The highest BCUT2D eigenvalue weighted by atomic mass is 16.5. The lowest BCUT2D eigenvalue weighted by Gasteiger charge is -2.24. The number of hydrogen-bond donors (Lipinski definition) is 1. The first-order chi connectivity index (χ1) is 6.70. The number of likely N-dealkylation sites (N-methyl/N-ethyl adjacent to an activating group) is 1. The van der Waals surface area contributed by atoms with Crippen molar-refractivity contribution >= 4 is 5.91 Å². The van der Waals surface area contributed by atoms with E-state index in [0.717, 1.165) is 19.5 Å². The molecule has 1 saturated heterocycles. The minimum Gasteiger partial charge on any atom is -0.383 e. The number of carbonyl (C=O) groups is 1. The maximum atomic E-state index is 11.8. The Morgan fingerprint density at radius 3 is 3.00 bits per heavy atom. The number of likely N-dealkylation sites (tertiary alicyclic amines) is 1. The summed E-state index contributed by atoms with van der Waals surface area (Å²) in [4.78, 5) is 13.7. The Bertz CT molecular complexity index is 197. The summed E-state index contributed by atoms with van der Waals surface area (Å²) in [6.45, 7) is 6.36. The van der Waals surface area contributed by atoms with E-state index in [4.69, 9.17) is 4.74 Å². The molecule has 14 heavy (non-hydrogen) atoms. The molecule has 0 aromatic rings. The summed E-state index contributed by atoms with van der Waals surface area (Å²) in [5, 5.41) is 3.19. The summed E-state index contributed by atoms with van der Waals surface area (Å²) in [6.07, 6.45) is 0.917. The summed E-state index contributed by atoms with van der Waals surface area (Å²) in [5.74, 6) is 0.219. The highest BCUT2D eigenvalue weighted by Crippen LogP contribution is 2.14. The van der Waals surface area contributed by atoms with Gasteiger partial charge in [0.25, 0.3) is 0 Å². The molecule has 4 heteroatoms. The Balaban J connectivity index is 2.46. The zero-order chi connectivity index (χ0) is 10.6. The monoisotopic (exact) mass is 200 g/mol. The van der Waals surface area contributed by atoms with Gasteiger partial charge in [-0.05, 0) is 19.9 Å². The molecule has 0 radical (unpaired) electrons. The molecule has 82 valence electrons. The molecule has 0 spiro atoms. The molecule has 1 rings (SSSR count). The van der Waals surface area contributed by atoms with E-state index < -0.39 is 0 Å². The van der Waals surface area contributed by atoms with Gasteiger partial charge in [-0.3, -0.25) is 4.79 Å². The summed E-state index contributed by atoms with van der Waals surface area (Å²) >= 11 is 0. The highest BCUT2D eigenvalue weighted by Gasteiger charge is 2.33. The lowest BCUT2D eigenvalue weighted by molar-refractivity contribution is -0.131. The molecule has 1 fully saturated rings. The van der Waals surface area contributed by atoms with Crippen molar-refractivity contribution in [1.29, 1.82) is 0 Å². The molecule has 1 amide bonds. The van der Waals surface area contributed by atoms with Crippen molar-refractivity contribution in [3.63, 3.8) is 0 Å². The Hall–Kier alpha value is -0.610. The number of carbonyl (C=O) groups excluding carboxylic acids is 1. The van der Waals surface area contributed by atoms with Gasteiger partial charge in [0, 0.05) is 13.7 Å². The number of amides is 1. The van der Waals surface area contributed by atoms with Gasteiger partial charge in [-0.25, -0.2) is 0 Å². The van der Waals surface area contributed by atoms with Gasteiger partial charge in [0.2, 0.25) is 5.91 Å². The van der Waals surface area contributed by atoms with Crippen LogP contribution in [0, 0.1) is 0 Å². The summed E-state index contributed by atoms with van der Waals surface area (Å²) < 4.78 is 5.05. The van der Waals surface area contributed by atoms with E-state index in [1.165, 1.54) is 0 Å². The second-order valence-corrected chi connectivity index (χ2v) is 3.73. The molecule has 1 heterocycles. The Morgan fingerprint density at radius 2 is 2.43 bits per heavy atom. The number of rotatable bonds is 5. The number of ether oxygens (including phenoxy) is 1. The van der Waals surface area contributed by atoms with Gasteiger partial charge < -0.3 is 15.0 Å². The molecule has 0 aliphatic carbocycles. The zero-order valence-electron chi connectivity index (χ0n) is 9.25. The standard InChI is InChI=1S/C10H20N2O2/c1-4-11-9-5-6-12(10(9)13)8(2)7-14-3/h8-9,11H,4-7H2,1-3H3. The van der Waals surface area contributed by atoms with Gasteiger partial charge in [-0.2, -0.15) is 0 Å². The van der Waals surface area contributed by atoms with Gasteiger partial charge in [0.1, 0.15) is 0 Å². The molecule has 2 unspecified atom stereocenters. The van der Waals surface area contributed by atoms with Crippen LogP contribution in [0.15, 0.2) is 0 Å². The first kappa shape index (κ1) is 11.5. The van der Waals surface area contributed by atoms with Crippen LogP contribution in [0.2, 0.25) is 0 Å². The molecule has 2 atom stereocenters. The van der Waals surface area contributed by atoms with Crippen LogP contribution in [0.4, 0.5) is 0 Å². The average molecular weight is 200 g/mol. The third-order valence-electron chi connectivity index (χ3n) is 2.63. The topological polar surface area (TPSA) is 41.6 Å². The Labute approximate surface area is 85.6 Å². The maximum Gasteiger partial charge on any atom is 0.240 e. The van der Waals surface area contributed by atoms with Crippen molar-refractivity contribution in [2.75, 3.05) is 26.8 Å². The second kappa shape index (κ2) is 5.32. The third kappa shape index (κ3) is 2.45. The van der Waals surface area contributed by atoms with Crippen LogP contribution >= 0.6 is 0 Å². The fourth-order valence-corrected chi connectivity index (χ4v) is 1.91. The lowest BCUT2D eigenvalue weighted by atomic mass is 10.2. The van der Waals surface area contributed by atoms with Crippen LogP contribution < -0.4 is 5.32 Å². The normalized spacial score (nSPS) is 24.4. The van der Waals surface area contributed by atoms with Gasteiger partial charge in [0.15, 0.2) is 0 Å². The van der Waals surface area contributed by atoms with E-state index in [9.17, 15) is 4.79 Å². The van der Waals surface area contributed by atoms with Crippen LogP contribution in [-0.2, 0) is 9.53 Å². The molecule has 1 aliphatic rings. The fourth-order valence-electron chi connectivity index (χ4n) is 1.91. The van der Waals surface area contributed by atoms with Crippen molar-refractivity contribution in [2.45, 2.75) is 32.4 Å². The van der Waals surface area contributed by atoms with Crippen LogP contribution in [-0.4, -0.2) is 49.7 Å². The Kier molecular flexibility index (Phi) is 4.35. The van der Waals surface area contributed by atoms with Crippen LogP contribution in [0.1, 0.15) is 20.3 Å². The van der Waals surface area contributed by atoms with Crippen LogP contribution in [0.5, 0.6) is 0 Å². The van der Waals surface area contributed by atoms with E-state index >= 15 is 0 Å². The number of nitrogens with zero attached hydrogens (tertiary/aromatic N) is 1. The van der Waals surface area contributed by atoms with E-state index in [1.807, 2.05) is 18.7 Å². The lowest BCUT2D eigenvalue weighted by Crippen LogP contribution is -2.43. The molecule has 1 aliphatic heterocycles. The average Bonchev–Trinajstić information content (AvgIpc) is 2.49. The van der Waals surface area contributed by atoms with Crippen molar-refractivity contribution in [2.24, 2.45) is 0 Å². The fraction of sp³-hybridized carbons (Fsp3) is 0.900. The van der Waals surface area contributed by atoms with E-state index in [-0.39, 0.29) is 18.0 Å². The predicted molar refractivity (Wildman–Crippen MR) is 55.1 cm³/mol. The minimum atomic E-state index is 0.0271. The number of nitrogens with one attached hydrogen (secondary N) is 1. The van der Waals surface area contributed by atoms with Gasteiger partial charge >= 0.3 is 0 Å². The van der Waals surface area contributed by atoms with Gasteiger partial charge in [-0.1, -0.05) is 6.92 Å². The predicted octanol–water partition coefficient (Wildman–Crippen LogP) is 0.232. The molecule has 0 bridgehead atoms. The molecular formula is C10H20N2O2. The first-order valence-corrected chi connectivity index (χ1v) is 5.23. The van der Waals surface area contributed by atoms with Gasteiger partial charge in [-0.15, -0.1) is 0 Å². The largest absolute Gasteiger partial charge is 0.383 e. The van der Waals surface area contributed by atoms with E-state index in [0.29, 0.717) is 6.61 Å². The maximum absolute atomic E-state index is 11.8. The number of hydrogen-bond acceptors (Lipinski definition) is 3.